The van der Waals surface area contributed by atoms with Crippen LogP contribution in [0.5, 0.6) is 0 Å². The topological polar surface area (TPSA) is 82.0 Å². The molecular weight excluding hydrogens is 489 g/mol. The number of amides is 2. The van der Waals surface area contributed by atoms with Crippen molar-refractivity contribution in [1.29, 1.82) is 5.26 Å². The Morgan fingerprint density at radius 2 is 2.07 bits per heavy atom. The molecule has 2 N–H and O–H groups in total. The number of allylic oxidation sites excluding steroid dienone is 1. The van der Waals surface area contributed by atoms with Crippen LogP contribution in [0.15, 0.2) is 62.4 Å². The maximum atomic E-state index is 13.9. The van der Waals surface area contributed by atoms with E-state index in [4.69, 9.17) is 0 Å². The number of rotatable bonds is 6. The number of halogens is 2. The Balaban J connectivity index is 1.75. The van der Waals surface area contributed by atoms with Crippen molar-refractivity contribution in [3.63, 3.8) is 0 Å². The van der Waals surface area contributed by atoms with Crippen LogP contribution < -0.4 is 10.6 Å². The van der Waals surface area contributed by atoms with Gasteiger partial charge in [-0.1, -0.05) is 39.8 Å². The van der Waals surface area contributed by atoms with Gasteiger partial charge in [-0.3, -0.25) is 9.59 Å². The van der Waals surface area contributed by atoms with E-state index in [0.717, 1.165) is 22.2 Å². The zero-order valence-electron chi connectivity index (χ0n) is 15.9. The smallest absolute Gasteiger partial charge is 0.234 e. The van der Waals surface area contributed by atoms with E-state index in [0.29, 0.717) is 15.1 Å². The standard InChI is InChI=1S/C21H17BrFN3O2S2/c1-29-14-5-2-12(3-6-14)15-9-19(27)26-21(16(15)10-24)30-11-20(28)25-18-7-4-13(22)8-17(18)23/h2-8,15H,9,11H2,1H3,(H,25,28)(H,26,27)/t15-/m1/s1. The first kappa shape index (κ1) is 22.4. The number of hydrogen-bond donors (Lipinski definition) is 2. The second kappa shape index (κ2) is 10.2. The maximum absolute atomic E-state index is 13.9. The molecule has 0 saturated carbocycles. The number of nitriles is 1. The number of carbonyl (C=O) groups is 2. The molecule has 1 atom stereocenters. The SMILES string of the molecule is CSc1ccc([C@H]2CC(=O)NC(SCC(=O)Nc3ccc(Br)cc3F)=C2C#N)cc1. The molecule has 5 nitrogen and oxygen atoms in total. The summed E-state index contributed by atoms with van der Waals surface area (Å²) >= 11 is 5.83. The molecule has 0 aromatic heterocycles. The molecule has 0 bridgehead atoms. The lowest BCUT2D eigenvalue weighted by Crippen LogP contribution is -2.31. The maximum Gasteiger partial charge on any atom is 0.234 e. The Kier molecular flexibility index (Phi) is 7.58. The van der Waals surface area contributed by atoms with E-state index < -0.39 is 11.7 Å². The largest absolute Gasteiger partial charge is 0.323 e. The number of benzene rings is 2. The summed E-state index contributed by atoms with van der Waals surface area (Å²) in [7, 11) is 0. The third-order valence-corrected chi connectivity index (χ3v) is 6.68. The highest BCUT2D eigenvalue weighted by molar-refractivity contribution is 9.10. The molecule has 9 heteroatoms. The van der Waals surface area contributed by atoms with Crippen molar-refractivity contribution in [2.24, 2.45) is 0 Å². The lowest BCUT2D eigenvalue weighted by Gasteiger charge is -2.25. The summed E-state index contributed by atoms with van der Waals surface area (Å²) in [4.78, 5) is 25.6. The highest BCUT2D eigenvalue weighted by Gasteiger charge is 2.29. The minimum atomic E-state index is -0.556. The minimum Gasteiger partial charge on any atom is -0.323 e. The zero-order chi connectivity index (χ0) is 21.7. The minimum absolute atomic E-state index is 0.0673. The molecule has 0 aliphatic carbocycles. The van der Waals surface area contributed by atoms with Crippen molar-refractivity contribution in [2.45, 2.75) is 17.2 Å². The van der Waals surface area contributed by atoms with Crippen molar-refractivity contribution >= 4 is 57.0 Å². The van der Waals surface area contributed by atoms with E-state index in [1.54, 1.807) is 17.8 Å². The average molecular weight is 506 g/mol. The summed E-state index contributed by atoms with van der Waals surface area (Å²) in [5.74, 6) is -1.65. The van der Waals surface area contributed by atoms with Gasteiger partial charge >= 0.3 is 0 Å². The Morgan fingerprint density at radius 3 is 2.70 bits per heavy atom. The molecule has 3 rings (SSSR count). The summed E-state index contributed by atoms with van der Waals surface area (Å²) < 4.78 is 14.5. The molecule has 1 heterocycles. The second-order valence-corrected chi connectivity index (χ2v) is 9.17. The fraction of sp³-hybridized carbons (Fsp3) is 0.190. The van der Waals surface area contributed by atoms with Gasteiger partial charge in [0.2, 0.25) is 11.8 Å². The molecule has 1 aliphatic heterocycles. The number of hydrogen-bond acceptors (Lipinski definition) is 5. The number of thioether (sulfide) groups is 2. The van der Waals surface area contributed by atoms with E-state index >= 15 is 0 Å². The first-order valence-corrected chi connectivity index (χ1v) is 11.9. The number of nitrogens with zero attached hydrogens (tertiary/aromatic N) is 1. The summed E-state index contributed by atoms with van der Waals surface area (Å²) in [6, 6.07) is 14.3. The summed E-state index contributed by atoms with van der Waals surface area (Å²) in [6.45, 7) is 0. The van der Waals surface area contributed by atoms with Crippen LogP contribution in [0.2, 0.25) is 0 Å². The first-order valence-electron chi connectivity index (χ1n) is 8.87. The predicted molar refractivity (Wildman–Crippen MR) is 122 cm³/mol. The lowest BCUT2D eigenvalue weighted by molar-refractivity contribution is -0.121. The molecule has 2 aromatic rings. The molecule has 0 fully saturated rings. The van der Waals surface area contributed by atoms with Crippen LogP contribution in [0.25, 0.3) is 0 Å². The summed E-state index contributed by atoms with van der Waals surface area (Å²) in [5.41, 5.74) is 1.36. The van der Waals surface area contributed by atoms with Crippen molar-refractivity contribution in [2.75, 3.05) is 17.3 Å². The normalized spacial score (nSPS) is 16.1. The molecule has 2 amide bonds. The monoisotopic (exact) mass is 505 g/mol. The fourth-order valence-electron chi connectivity index (χ4n) is 2.97. The van der Waals surface area contributed by atoms with Crippen LogP contribution in [0.3, 0.4) is 0 Å². The van der Waals surface area contributed by atoms with Crippen LogP contribution in [0.1, 0.15) is 17.9 Å². The van der Waals surface area contributed by atoms with Gasteiger partial charge in [0.25, 0.3) is 0 Å². The zero-order valence-corrected chi connectivity index (χ0v) is 19.1. The van der Waals surface area contributed by atoms with E-state index in [1.165, 1.54) is 12.1 Å². The molecule has 0 unspecified atom stereocenters. The fourth-order valence-corrected chi connectivity index (χ4v) is 4.59. The molecule has 0 radical (unpaired) electrons. The highest BCUT2D eigenvalue weighted by Crippen LogP contribution is 2.36. The van der Waals surface area contributed by atoms with Crippen LogP contribution in [0, 0.1) is 17.1 Å². The van der Waals surface area contributed by atoms with Gasteiger partial charge in [-0.05, 0) is 42.2 Å². The third kappa shape index (κ3) is 5.45. The average Bonchev–Trinajstić information content (AvgIpc) is 2.74. The Hall–Kier alpha value is -2.28. The van der Waals surface area contributed by atoms with Crippen molar-refractivity contribution in [3.05, 3.63) is 68.9 Å². The van der Waals surface area contributed by atoms with Crippen molar-refractivity contribution in [1.82, 2.24) is 5.32 Å². The number of carbonyl (C=O) groups excluding carboxylic acids is 2. The van der Waals surface area contributed by atoms with Gasteiger partial charge in [-0.25, -0.2) is 4.39 Å². The Labute approximate surface area is 190 Å². The lowest BCUT2D eigenvalue weighted by atomic mass is 9.87. The van der Waals surface area contributed by atoms with E-state index in [1.807, 2.05) is 30.5 Å². The first-order chi connectivity index (χ1) is 14.4. The molecule has 30 heavy (non-hydrogen) atoms. The van der Waals surface area contributed by atoms with E-state index in [9.17, 15) is 19.2 Å². The van der Waals surface area contributed by atoms with Crippen molar-refractivity contribution < 1.29 is 14.0 Å². The van der Waals surface area contributed by atoms with E-state index in [-0.39, 0.29) is 29.7 Å². The van der Waals surface area contributed by atoms with Gasteiger partial charge in [0.05, 0.1) is 28.1 Å². The van der Waals surface area contributed by atoms with E-state index in [2.05, 4.69) is 32.6 Å². The number of nitrogens with one attached hydrogen (secondary N) is 2. The quantitative estimate of drug-likeness (QED) is 0.538. The van der Waals surface area contributed by atoms with Crippen LogP contribution in [-0.4, -0.2) is 23.8 Å². The van der Waals surface area contributed by atoms with Gasteiger partial charge < -0.3 is 10.6 Å². The van der Waals surface area contributed by atoms with Gasteiger partial charge in [-0.2, -0.15) is 5.26 Å². The third-order valence-electron chi connectivity index (χ3n) is 4.43. The van der Waals surface area contributed by atoms with Gasteiger partial charge in [-0.15, -0.1) is 11.8 Å². The molecule has 154 valence electrons. The van der Waals surface area contributed by atoms with Gasteiger partial charge in [0.1, 0.15) is 5.82 Å². The Bertz CT molecular complexity index is 1050. The Morgan fingerprint density at radius 1 is 1.33 bits per heavy atom. The van der Waals surface area contributed by atoms with Gasteiger partial charge in [0, 0.05) is 21.7 Å². The predicted octanol–water partition coefficient (Wildman–Crippen LogP) is 5.02. The highest BCUT2D eigenvalue weighted by atomic mass is 79.9. The molecular formula is C21H17BrFN3O2S2. The molecule has 0 spiro atoms. The van der Waals surface area contributed by atoms with Gasteiger partial charge in [0.15, 0.2) is 0 Å². The van der Waals surface area contributed by atoms with Crippen LogP contribution >= 0.6 is 39.5 Å². The van der Waals surface area contributed by atoms with Crippen molar-refractivity contribution in [3.8, 4) is 6.07 Å². The molecule has 1 aliphatic rings. The van der Waals surface area contributed by atoms with Crippen LogP contribution in [-0.2, 0) is 9.59 Å². The summed E-state index contributed by atoms with van der Waals surface area (Å²) in [5, 5.41) is 15.3. The number of anilines is 1. The molecule has 0 saturated heterocycles. The molecule has 2 aromatic carbocycles. The second-order valence-electron chi connectivity index (χ2n) is 6.39. The summed E-state index contributed by atoms with van der Waals surface area (Å²) in [6.07, 6.45) is 2.14. The van der Waals surface area contributed by atoms with Crippen LogP contribution in [0.4, 0.5) is 10.1 Å².